The molecule has 0 unspecified atom stereocenters. The average molecular weight is 376 g/mol. The summed E-state index contributed by atoms with van der Waals surface area (Å²) in [4.78, 5) is 36.2. The maximum atomic E-state index is 12.5. The Kier molecular flexibility index (Phi) is 4.86. The van der Waals surface area contributed by atoms with Crippen molar-refractivity contribution in [3.63, 3.8) is 0 Å². The number of esters is 2. The molecule has 3 rings (SSSR count). The van der Waals surface area contributed by atoms with E-state index in [1.807, 2.05) is 0 Å². The first kappa shape index (κ1) is 19.5. The number of ether oxygens (including phenoxy) is 3. The Labute approximate surface area is 157 Å². The summed E-state index contributed by atoms with van der Waals surface area (Å²) in [6.07, 6.45) is -1.17. The minimum absolute atomic E-state index is 0.109. The van der Waals surface area contributed by atoms with Gasteiger partial charge in [0.15, 0.2) is 0 Å². The lowest BCUT2D eigenvalue weighted by molar-refractivity contribution is -0.195. The van der Waals surface area contributed by atoms with Crippen molar-refractivity contribution in [2.24, 2.45) is 17.3 Å². The molecule has 3 fully saturated rings. The Hall–Kier alpha value is -2.25. The van der Waals surface area contributed by atoms with Gasteiger partial charge in [-0.2, -0.15) is 0 Å². The van der Waals surface area contributed by atoms with Gasteiger partial charge in [-0.1, -0.05) is 26.2 Å². The van der Waals surface area contributed by atoms with E-state index in [2.05, 4.69) is 13.2 Å². The number of carbonyl (C=O) groups excluding carboxylic acids is 3. The number of hydrogen-bond acceptors (Lipinski definition) is 7. The third-order valence-corrected chi connectivity index (χ3v) is 6.14. The van der Waals surface area contributed by atoms with Crippen LogP contribution in [0.2, 0.25) is 0 Å². The molecule has 1 aliphatic carbocycles. The maximum Gasteiger partial charge on any atom is 0.334 e. The van der Waals surface area contributed by atoms with Gasteiger partial charge in [-0.25, -0.2) is 9.59 Å². The van der Waals surface area contributed by atoms with Crippen LogP contribution in [0.1, 0.15) is 20.8 Å². The number of rotatable bonds is 5. The predicted molar refractivity (Wildman–Crippen MR) is 94.4 cm³/mol. The van der Waals surface area contributed by atoms with Gasteiger partial charge in [-0.3, -0.25) is 4.79 Å². The van der Waals surface area contributed by atoms with Crippen LogP contribution in [0, 0.1) is 17.3 Å². The molecule has 0 bridgehead atoms. The number of aliphatic hydroxyl groups is 1. The first-order chi connectivity index (χ1) is 12.7. The van der Waals surface area contributed by atoms with Crippen molar-refractivity contribution < 1.29 is 33.7 Å². The van der Waals surface area contributed by atoms with Gasteiger partial charge in [0.1, 0.15) is 24.6 Å². The number of carbonyl (C=O) groups is 3. The fraction of sp³-hybridized carbons (Fsp3) is 0.550. The van der Waals surface area contributed by atoms with Crippen LogP contribution in [-0.4, -0.2) is 54.4 Å². The summed E-state index contributed by atoms with van der Waals surface area (Å²) < 4.78 is 16.5. The molecule has 1 saturated carbocycles. The summed E-state index contributed by atoms with van der Waals surface area (Å²) in [6, 6.07) is 0. The minimum Gasteiger partial charge on any atom is -0.458 e. The molecule has 0 aromatic heterocycles. The summed E-state index contributed by atoms with van der Waals surface area (Å²) in [5.41, 5.74) is -0.363. The van der Waals surface area contributed by atoms with Crippen LogP contribution < -0.4 is 0 Å². The highest BCUT2D eigenvalue weighted by molar-refractivity contribution is 5.92. The van der Waals surface area contributed by atoms with Gasteiger partial charge in [0, 0.05) is 22.5 Å². The summed E-state index contributed by atoms with van der Waals surface area (Å²) >= 11 is 0. The second-order valence-corrected chi connectivity index (χ2v) is 7.57. The zero-order valence-corrected chi connectivity index (χ0v) is 15.6. The number of fused-ring (bicyclic) bond motifs is 1. The summed E-state index contributed by atoms with van der Waals surface area (Å²) in [6.45, 7) is 13.0. The Balaban J connectivity index is 2.12. The molecule has 7 atom stereocenters. The average Bonchev–Trinajstić information content (AvgIpc) is 3.45. The lowest BCUT2D eigenvalue weighted by Crippen LogP contribution is -2.63. The van der Waals surface area contributed by atoms with E-state index in [1.54, 1.807) is 26.8 Å². The molecule has 0 amide bonds. The molecule has 0 radical (unpaired) electrons. The quantitative estimate of drug-likeness (QED) is 0.332. The Morgan fingerprint density at radius 3 is 2.59 bits per heavy atom. The molecule has 0 spiro atoms. The van der Waals surface area contributed by atoms with E-state index in [0.717, 1.165) is 0 Å². The molecule has 7 heteroatoms. The smallest absolute Gasteiger partial charge is 0.334 e. The monoisotopic (exact) mass is 376 g/mol. The van der Waals surface area contributed by atoms with Crippen LogP contribution in [0.5, 0.6) is 0 Å². The molecule has 0 aromatic carbocycles. The number of hydrogen-bond donors (Lipinski definition) is 1. The third kappa shape index (κ3) is 2.85. The van der Waals surface area contributed by atoms with Crippen LogP contribution in [0.4, 0.5) is 0 Å². The number of aldehydes is 1. The SMILES string of the molecule is C=C1C(=O)O[C@H]2[C@@H]1[C@H](OC(=O)/C(C)=C\C)[C@H](C(=C)C=O)[C@](C)([C@@H]1CO1)[C@H]2O. The van der Waals surface area contributed by atoms with Gasteiger partial charge in [0.05, 0.1) is 18.6 Å². The molecule has 2 saturated heterocycles. The summed E-state index contributed by atoms with van der Waals surface area (Å²) in [5, 5.41) is 11.1. The van der Waals surface area contributed by atoms with Gasteiger partial charge in [-0.15, -0.1) is 0 Å². The van der Waals surface area contributed by atoms with Gasteiger partial charge in [0.25, 0.3) is 0 Å². The van der Waals surface area contributed by atoms with Crippen molar-refractivity contribution >= 4 is 18.2 Å². The molecule has 146 valence electrons. The van der Waals surface area contributed by atoms with E-state index in [0.29, 0.717) is 18.5 Å². The van der Waals surface area contributed by atoms with Crippen LogP contribution >= 0.6 is 0 Å². The molecule has 1 N–H and O–H groups in total. The van der Waals surface area contributed by atoms with Gasteiger partial charge in [-0.05, 0) is 19.4 Å². The van der Waals surface area contributed by atoms with Crippen molar-refractivity contribution in [3.05, 3.63) is 36.0 Å². The molecule has 7 nitrogen and oxygen atoms in total. The minimum atomic E-state index is -1.13. The van der Waals surface area contributed by atoms with Crippen LogP contribution in [0.3, 0.4) is 0 Å². The lowest BCUT2D eigenvalue weighted by Gasteiger charge is -2.51. The topological polar surface area (TPSA) is 102 Å². The first-order valence-corrected chi connectivity index (χ1v) is 8.85. The lowest BCUT2D eigenvalue weighted by atomic mass is 9.56. The molecule has 0 aromatic rings. The van der Waals surface area contributed by atoms with Crippen molar-refractivity contribution in [1.29, 1.82) is 0 Å². The normalized spacial score (nSPS) is 40.8. The van der Waals surface area contributed by atoms with E-state index in [4.69, 9.17) is 14.2 Å². The second kappa shape index (κ2) is 6.73. The molecular weight excluding hydrogens is 352 g/mol. The fourth-order valence-electron chi connectivity index (χ4n) is 4.31. The molecule has 2 heterocycles. The summed E-state index contributed by atoms with van der Waals surface area (Å²) in [5.74, 6) is -2.75. The van der Waals surface area contributed by atoms with Crippen molar-refractivity contribution in [2.75, 3.05) is 6.61 Å². The van der Waals surface area contributed by atoms with E-state index in [1.165, 1.54) is 0 Å². The van der Waals surface area contributed by atoms with E-state index in [9.17, 15) is 19.5 Å². The van der Waals surface area contributed by atoms with Crippen molar-refractivity contribution in [3.8, 4) is 0 Å². The van der Waals surface area contributed by atoms with Gasteiger partial charge in [0.2, 0.25) is 0 Å². The first-order valence-electron chi connectivity index (χ1n) is 8.85. The fourth-order valence-corrected chi connectivity index (χ4v) is 4.31. The molecule has 2 aliphatic heterocycles. The van der Waals surface area contributed by atoms with Gasteiger partial charge >= 0.3 is 11.9 Å². The number of aliphatic hydroxyl groups excluding tert-OH is 1. The van der Waals surface area contributed by atoms with E-state index in [-0.39, 0.29) is 17.3 Å². The second-order valence-electron chi connectivity index (χ2n) is 7.57. The van der Waals surface area contributed by atoms with Crippen molar-refractivity contribution in [1.82, 2.24) is 0 Å². The Bertz CT molecular complexity index is 747. The number of allylic oxidation sites excluding steroid dienone is 1. The van der Waals surface area contributed by atoms with Crippen molar-refractivity contribution in [2.45, 2.75) is 45.2 Å². The largest absolute Gasteiger partial charge is 0.458 e. The highest BCUT2D eigenvalue weighted by Crippen LogP contribution is 2.56. The maximum absolute atomic E-state index is 12.5. The van der Waals surface area contributed by atoms with E-state index >= 15 is 0 Å². The van der Waals surface area contributed by atoms with E-state index < -0.39 is 47.5 Å². The highest BCUT2D eigenvalue weighted by atomic mass is 16.6. The zero-order chi connectivity index (χ0) is 20.1. The summed E-state index contributed by atoms with van der Waals surface area (Å²) in [7, 11) is 0. The molecular formula is C20H24O7. The third-order valence-electron chi connectivity index (χ3n) is 6.14. The van der Waals surface area contributed by atoms with Crippen LogP contribution in [0.25, 0.3) is 0 Å². The number of epoxide rings is 1. The van der Waals surface area contributed by atoms with Crippen LogP contribution in [-0.2, 0) is 28.6 Å². The highest BCUT2D eigenvalue weighted by Gasteiger charge is 2.68. The zero-order valence-electron chi connectivity index (χ0n) is 15.6. The van der Waals surface area contributed by atoms with Crippen LogP contribution in [0.15, 0.2) is 36.0 Å². The Morgan fingerprint density at radius 2 is 2.07 bits per heavy atom. The Morgan fingerprint density at radius 1 is 1.44 bits per heavy atom. The molecule has 3 aliphatic rings. The predicted octanol–water partition coefficient (Wildman–Crippen LogP) is 1.11. The van der Waals surface area contributed by atoms with Gasteiger partial charge < -0.3 is 19.3 Å². The standard InChI is InChI=1S/C20H24O7/c1-6-9(2)18(23)26-15-13-11(4)19(24)27-16(13)17(22)20(5,12-8-25-12)14(15)10(3)7-21/h6-7,12-17,22H,3-4,8H2,1-2,5H3/b9-6-/t12-,13-,14-,15-,16-,17-,20-/m0/s1. The molecule has 27 heavy (non-hydrogen) atoms.